The molecule has 0 saturated carbocycles. The zero-order chi connectivity index (χ0) is 26.2. The van der Waals surface area contributed by atoms with Gasteiger partial charge in [0.1, 0.15) is 5.75 Å². The van der Waals surface area contributed by atoms with Gasteiger partial charge in [0.2, 0.25) is 5.91 Å². The quantitative estimate of drug-likeness (QED) is 0.313. The van der Waals surface area contributed by atoms with Gasteiger partial charge in [-0.3, -0.25) is 9.59 Å². The fraction of sp³-hybridized carbons (Fsp3) is 0.320. The Kier molecular flexibility index (Phi) is 9.07. The molecule has 0 aliphatic heterocycles. The number of hydrogen-bond donors (Lipinski definition) is 2. The summed E-state index contributed by atoms with van der Waals surface area (Å²) in [4.78, 5) is 36.8. The normalized spacial score (nSPS) is 11.6. The number of benzene rings is 2. The highest BCUT2D eigenvalue weighted by molar-refractivity contribution is 7.99. The molecule has 0 fully saturated rings. The molecule has 1 aromatic heterocycles. The van der Waals surface area contributed by atoms with E-state index in [9.17, 15) is 14.4 Å². The molecule has 0 saturated heterocycles. The van der Waals surface area contributed by atoms with Crippen LogP contribution >= 0.6 is 11.8 Å². The van der Waals surface area contributed by atoms with E-state index >= 15 is 0 Å². The van der Waals surface area contributed by atoms with Crippen LogP contribution in [0, 0.1) is 5.92 Å². The standard InChI is InChI=1S/C25H29N5O5S/c1-15(2)21(27-23(32)16-8-12-19(34-4)13-9-16)22-28-29-25(30(22)3)36-14-20(31)26-18-10-6-17(7-11-18)24(33)35-5/h6-13,15,21H,14H2,1-5H3,(H,26,31)(H,27,32)/t21-/m0/s1. The number of hydrogen-bond acceptors (Lipinski definition) is 8. The van der Waals surface area contributed by atoms with Gasteiger partial charge in [0.15, 0.2) is 11.0 Å². The maximum atomic E-state index is 12.8. The number of nitrogens with one attached hydrogen (secondary N) is 2. The lowest BCUT2D eigenvalue weighted by molar-refractivity contribution is -0.113. The molecular weight excluding hydrogens is 482 g/mol. The number of carbonyl (C=O) groups is 3. The first kappa shape index (κ1) is 26.7. The van der Waals surface area contributed by atoms with Gasteiger partial charge in [0, 0.05) is 18.3 Å². The summed E-state index contributed by atoms with van der Waals surface area (Å²) < 4.78 is 11.6. The smallest absolute Gasteiger partial charge is 0.337 e. The van der Waals surface area contributed by atoms with Crippen molar-refractivity contribution in [2.75, 3.05) is 25.3 Å². The third kappa shape index (κ3) is 6.63. The second-order valence-electron chi connectivity index (χ2n) is 8.23. The molecule has 1 heterocycles. The van der Waals surface area contributed by atoms with E-state index in [-0.39, 0.29) is 29.5 Å². The van der Waals surface area contributed by atoms with Crippen molar-refractivity contribution in [2.24, 2.45) is 13.0 Å². The van der Waals surface area contributed by atoms with E-state index in [0.717, 1.165) is 0 Å². The first-order valence-electron chi connectivity index (χ1n) is 11.2. The molecule has 0 aliphatic carbocycles. The zero-order valence-corrected chi connectivity index (χ0v) is 21.6. The molecular formula is C25H29N5O5S. The molecule has 3 rings (SSSR count). The SMILES string of the molecule is COC(=O)c1ccc(NC(=O)CSc2nnc([C@@H](NC(=O)c3ccc(OC)cc3)C(C)C)n2C)cc1. The lowest BCUT2D eigenvalue weighted by atomic mass is 10.0. The molecule has 0 aliphatic rings. The van der Waals surface area contributed by atoms with Crippen LogP contribution in [0.15, 0.2) is 53.7 Å². The van der Waals surface area contributed by atoms with E-state index in [1.54, 1.807) is 67.3 Å². The van der Waals surface area contributed by atoms with Gasteiger partial charge in [-0.25, -0.2) is 4.79 Å². The fourth-order valence-corrected chi connectivity index (χ4v) is 4.07. The second kappa shape index (κ2) is 12.2. The molecule has 2 N–H and O–H groups in total. The topological polar surface area (TPSA) is 124 Å². The van der Waals surface area contributed by atoms with Crippen LogP contribution in [0.5, 0.6) is 5.75 Å². The summed E-state index contributed by atoms with van der Waals surface area (Å²) in [7, 11) is 4.68. The average molecular weight is 512 g/mol. The van der Waals surface area contributed by atoms with E-state index < -0.39 is 5.97 Å². The highest BCUT2D eigenvalue weighted by atomic mass is 32.2. The van der Waals surface area contributed by atoms with Crippen molar-refractivity contribution in [3.05, 3.63) is 65.5 Å². The summed E-state index contributed by atoms with van der Waals surface area (Å²) in [6.45, 7) is 3.97. The lowest BCUT2D eigenvalue weighted by Gasteiger charge is -2.21. The van der Waals surface area contributed by atoms with E-state index in [2.05, 4.69) is 25.6 Å². The number of rotatable bonds is 10. The Bertz CT molecular complexity index is 1210. The van der Waals surface area contributed by atoms with Crippen LogP contribution in [0.25, 0.3) is 0 Å². The van der Waals surface area contributed by atoms with E-state index in [1.165, 1.54) is 18.9 Å². The molecule has 36 heavy (non-hydrogen) atoms. The number of amides is 2. The van der Waals surface area contributed by atoms with Crippen molar-refractivity contribution in [1.82, 2.24) is 20.1 Å². The van der Waals surface area contributed by atoms with Gasteiger partial charge in [-0.15, -0.1) is 10.2 Å². The van der Waals surface area contributed by atoms with Gasteiger partial charge < -0.3 is 24.7 Å². The Morgan fingerprint density at radius 2 is 1.61 bits per heavy atom. The molecule has 10 nitrogen and oxygen atoms in total. The molecule has 0 unspecified atom stereocenters. The van der Waals surface area contributed by atoms with E-state index in [1.807, 2.05) is 13.8 Å². The maximum absolute atomic E-state index is 12.8. The Labute approximate surface area is 213 Å². The minimum absolute atomic E-state index is 0.0456. The molecule has 0 spiro atoms. The highest BCUT2D eigenvalue weighted by Crippen LogP contribution is 2.25. The van der Waals surface area contributed by atoms with Gasteiger partial charge in [0.05, 0.1) is 31.6 Å². The molecule has 190 valence electrons. The summed E-state index contributed by atoms with van der Waals surface area (Å²) in [5, 5.41) is 14.9. The minimum atomic E-state index is -0.443. The van der Waals surface area contributed by atoms with Crippen LogP contribution in [-0.4, -0.2) is 52.5 Å². The predicted molar refractivity (Wildman–Crippen MR) is 136 cm³/mol. The number of anilines is 1. The minimum Gasteiger partial charge on any atom is -0.497 e. The monoisotopic (exact) mass is 511 g/mol. The van der Waals surface area contributed by atoms with Crippen molar-refractivity contribution in [3.8, 4) is 5.75 Å². The van der Waals surface area contributed by atoms with Crippen LogP contribution in [0.4, 0.5) is 5.69 Å². The largest absolute Gasteiger partial charge is 0.497 e. The van der Waals surface area contributed by atoms with Crippen molar-refractivity contribution < 1.29 is 23.9 Å². The number of thioether (sulfide) groups is 1. The summed E-state index contributed by atoms with van der Waals surface area (Å²) in [6.07, 6.45) is 0. The van der Waals surface area contributed by atoms with Gasteiger partial charge in [0.25, 0.3) is 5.91 Å². The fourth-order valence-electron chi connectivity index (χ4n) is 3.35. The second-order valence-corrected chi connectivity index (χ2v) is 9.17. The molecule has 0 radical (unpaired) electrons. The summed E-state index contributed by atoms with van der Waals surface area (Å²) in [5.41, 5.74) is 1.47. The number of carbonyl (C=O) groups excluding carboxylic acids is 3. The lowest BCUT2D eigenvalue weighted by Crippen LogP contribution is -2.33. The number of aromatic nitrogens is 3. The number of ether oxygens (including phenoxy) is 2. The van der Waals surface area contributed by atoms with Crippen LogP contribution in [-0.2, 0) is 16.6 Å². The first-order chi connectivity index (χ1) is 17.2. The summed E-state index contributed by atoms with van der Waals surface area (Å²) >= 11 is 1.23. The maximum Gasteiger partial charge on any atom is 0.337 e. The van der Waals surface area contributed by atoms with Crippen molar-refractivity contribution in [3.63, 3.8) is 0 Å². The van der Waals surface area contributed by atoms with Crippen LogP contribution in [0.3, 0.4) is 0 Å². The van der Waals surface area contributed by atoms with Crippen molar-refractivity contribution in [2.45, 2.75) is 25.0 Å². The Hall–Kier alpha value is -3.86. The van der Waals surface area contributed by atoms with Crippen molar-refractivity contribution in [1.29, 1.82) is 0 Å². The van der Waals surface area contributed by atoms with Gasteiger partial charge >= 0.3 is 5.97 Å². The summed E-state index contributed by atoms with van der Waals surface area (Å²) in [6, 6.07) is 12.9. The molecule has 0 bridgehead atoms. The first-order valence-corrected chi connectivity index (χ1v) is 12.2. The number of methoxy groups -OCH3 is 2. The molecule has 11 heteroatoms. The predicted octanol–water partition coefficient (Wildman–Crippen LogP) is 3.47. The highest BCUT2D eigenvalue weighted by Gasteiger charge is 2.25. The van der Waals surface area contributed by atoms with Gasteiger partial charge in [-0.1, -0.05) is 25.6 Å². The van der Waals surface area contributed by atoms with E-state index in [4.69, 9.17) is 4.74 Å². The zero-order valence-electron chi connectivity index (χ0n) is 20.8. The van der Waals surface area contributed by atoms with Gasteiger partial charge in [-0.05, 0) is 54.4 Å². The van der Waals surface area contributed by atoms with Gasteiger partial charge in [-0.2, -0.15) is 0 Å². The molecule has 2 aromatic carbocycles. The summed E-state index contributed by atoms with van der Waals surface area (Å²) in [5.74, 6) is 0.507. The van der Waals surface area contributed by atoms with Crippen LogP contribution in [0.2, 0.25) is 0 Å². The molecule has 2 amide bonds. The Balaban J connectivity index is 1.62. The Morgan fingerprint density at radius 3 is 2.19 bits per heavy atom. The number of nitrogens with zero attached hydrogens (tertiary/aromatic N) is 3. The third-order valence-corrected chi connectivity index (χ3v) is 6.39. The Morgan fingerprint density at radius 1 is 0.972 bits per heavy atom. The number of esters is 1. The third-order valence-electron chi connectivity index (χ3n) is 5.37. The van der Waals surface area contributed by atoms with E-state index in [0.29, 0.717) is 33.5 Å². The van der Waals surface area contributed by atoms with Crippen molar-refractivity contribution >= 4 is 35.2 Å². The van der Waals surface area contributed by atoms with Crippen LogP contribution < -0.4 is 15.4 Å². The molecule has 3 aromatic rings. The van der Waals surface area contributed by atoms with Crippen LogP contribution in [0.1, 0.15) is 46.4 Å². The molecule has 1 atom stereocenters. The average Bonchev–Trinajstić information content (AvgIpc) is 3.25.